The van der Waals surface area contributed by atoms with Gasteiger partial charge in [0.25, 0.3) is 5.91 Å². The maximum Gasteiger partial charge on any atom is 0.256 e. The molecular formula is C24H38N2O3. The lowest BCUT2D eigenvalue weighted by Crippen LogP contribution is -2.47. The average molecular weight is 403 g/mol. The van der Waals surface area contributed by atoms with Crippen LogP contribution in [0.25, 0.3) is 0 Å². The summed E-state index contributed by atoms with van der Waals surface area (Å²) in [6.45, 7) is 7.57. The van der Waals surface area contributed by atoms with Crippen molar-refractivity contribution in [2.45, 2.75) is 76.9 Å². The number of ether oxygens (including phenoxy) is 2. The highest BCUT2D eigenvalue weighted by atomic mass is 16.5. The number of nitrogens with one attached hydrogen (secondary N) is 1. The van der Waals surface area contributed by atoms with Crippen LogP contribution in [0.1, 0.15) is 65.2 Å². The zero-order valence-electron chi connectivity index (χ0n) is 18.4. The van der Waals surface area contributed by atoms with E-state index in [1.54, 1.807) is 7.11 Å². The van der Waals surface area contributed by atoms with Crippen LogP contribution in [0.4, 0.5) is 5.69 Å². The molecule has 2 fully saturated rings. The van der Waals surface area contributed by atoms with Gasteiger partial charge in [0.2, 0.25) is 0 Å². The standard InChI is InChI=1S/C24H38N2O3/c1-19-8-6-14-24(18-19,28-3)23(27)25-21-10-12-22(13-11-21)29-17-7-16-26-15-5-4-9-20(26)2/h10-13,19-20H,4-9,14-18H2,1-3H3,(H,25,27)/t19-,20+,24+/m1/s1. The zero-order valence-corrected chi connectivity index (χ0v) is 18.4. The predicted octanol–water partition coefficient (Wildman–Crippen LogP) is 4.86. The van der Waals surface area contributed by atoms with Gasteiger partial charge in [-0.05, 0) is 82.2 Å². The molecular weight excluding hydrogens is 364 g/mol. The minimum absolute atomic E-state index is 0.0316. The van der Waals surface area contributed by atoms with Crippen LogP contribution in [0, 0.1) is 5.92 Å². The summed E-state index contributed by atoms with van der Waals surface area (Å²) in [6, 6.07) is 8.39. The normalized spacial score (nSPS) is 28.1. The molecule has 1 saturated heterocycles. The van der Waals surface area contributed by atoms with E-state index in [0.717, 1.165) is 50.3 Å². The Hall–Kier alpha value is -1.59. The van der Waals surface area contributed by atoms with Crippen LogP contribution in [0.5, 0.6) is 5.75 Å². The van der Waals surface area contributed by atoms with Gasteiger partial charge < -0.3 is 19.7 Å². The molecule has 3 rings (SSSR count). The van der Waals surface area contributed by atoms with Crippen LogP contribution in [0.3, 0.4) is 0 Å². The van der Waals surface area contributed by atoms with Crippen molar-refractivity contribution in [2.75, 3.05) is 32.1 Å². The minimum atomic E-state index is -0.696. The van der Waals surface area contributed by atoms with Crippen molar-refractivity contribution in [3.05, 3.63) is 24.3 Å². The maximum absolute atomic E-state index is 12.9. The van der Waals surface area contributed by atoms with Crippen LogP contribution in [0.2, 0.25) is 0 Å². The number of hydrogen-bond acceptors (Lipinski definition) is 4. The van der Waals surface area contributed by atoms with Gasteiger partial charge in [0.15, 0.2) is 0 Å². The second kappa shape index (κ2) is 10.4. The predicted molar refractivity (Wildman–Crippen MR) is 117 cm³/mol. The molecule has 1 N–H and O–H groups in total. The van der Waals surface area contributed by atoms with Gasteiger partial charge in [0.1, 0.15) is 11.4 Å². The number of anilines is 1. The van der Waals surface area contributed by atoms with Crippen molar-refractivity contribution >= 4 is 11.6 Å². The van der Waals surface area contributed by atoms with Crippen molar-refractivity contribution in [1.29, 1.82) is 0 Å². The van der Waals surface area contributed by atoms with Crippen molar-refractivity contribution in [3.8, 4) is 5.75 Å². The first-order valence-corrected chi connectivity index (χ1v) is 11.4. The molecule has 29 heavy (non-hydrogen) atoms. The van der Waals surface area contributed by atoms with Crippen molar-refractivity contribution in [1.82, 2.24) is 4.90 Å². The van der Waals surface area contributed by atoms with E-state index in [1.165, 1.54) is 32.2 Å². The summed E-state index contributed by atoms with van der Waals surface area (Å²) in [5.74, 6) is 1.33. The summed E-state index contributed by atoms with van der Waals surface area (Å²) >= 11 is 0. The third-order valence-corrected chi connectivity index (χ3v) is 6.67. The fraction of sp³-hybridized carbons (Fsp3) is 0.708. The van der Waals surface area contributed by atoms with Gasteiger partial charge in [-0.25, -0.2) is 0 Å². The summed E-state index contributed by atoms with van der Waals surface area (Å²) in [5, 5.41) is 3.04. The molecule has 2 aliphatic rings. The van der Waals surface area contributed by atoms with Crippen molar-refractivity contribution in [2.24, 2.45) is 5.92 Å². The molecule has 0 aromatic heterocycles. The number of amides is 1. The molecule has 162 valence electrons. The van der Waals surface area contributed by atoms with Gasteiger partial charge in [-0.2, -0.15) is 0 Å². The second-order valence-electron chi connectivity index (χ2n) is 8.96. The van der Waals surface area contributed by atoms with E-state index >= 15 is 0 Å². The van der Waals surface area contributed by atoms with Crippen molar-refractivity contribution < 1.29 is 14.3 Å². The number of carbonyl (C=O) groups is 1. The lowest BCUT2D eigenvalue weighted by Gasteiger charge is -2.37. The molecule has 1 aliphatic heterocycles. The first kappa shape index (κ1) is 22.1. The van der Waals surface area contributed by atoms with Gasteiger partial charge in [0, 0.05) is 25.4 Å². The van der Waals surface area contributed by atoms with Gasteiger partial charge >= 0.3 is 0 Å². The molecule has 1 aromatic rings. The number of methoxy groups -OCH3 is 1. The van der Waals surface area contributed by atoms with Crippen LogP contribution in [-0.2, 0) is 9.53 Å². The summed E-state index contributed by atoms with van der Waals surface area (Å²) in [6.07, 6.45) is 8.81. The van der Waals surface area contributed by atoms with Crippen LogP contribution < -0.4 is 10.1 Å². The Balaban J connectivity index is 1.44. The van der Waals surface area contributed by atoms with E-state index in [0.29, 0.717) is 12.0 Å². The average Bonchev–Trinajstić information content (AvgIpc) is 2.73. The molecule has 5 nitrogen and oxygen atoms in total. The van der Waals surface area contributed by atoms with Gasteiger partial charge in [-0.3, -0.25) is 4.79 Å². The van der Waals surface area contributed by atoms with Crippen LogP contribution in [0.15, 0.2) is 24.3 Å². The number of likely N-dealkylation sites (tertiary alicyclic amines) is 1. The largest absolute Gasteiger partial charge is 0.494 e. The highest BCUT2D eigenvalue weighted by Crippen LogP contribution is 2.35. The Bertz CT molecular complexity index is 648. The van der Waals surface area contributed by atoms with Crippen LogP contribution in [-0.4, -0.2) is 49.3 Å². The summed E-state index contributed by atoms with van der Waals surface area (Å²) in [5.41, 5.74) is 0.0949. The Morgan fingerprint density at radius 3 is 2.66 bits per heavy atom. The SMILES string of the molecule is CO[C@@]1(C(=O)Nc2ccc(OCCCN3CCCC[C@@H]3C)cc2)CCC[C@@H](C)C1. The van der Waals surface area contributed by atoms with E-state index in [9.17, 15) is 4.79 Å². The summed E-state index contributed by atoms with van der Waals surface area (Å²) in [7, 11) is 1.65. The maximum atomic E-state index is 12.9. The highest BCUT2D eigenvalue weighted by molar-refractivity contribution is 5.97. The molecule has 0 bridgehead atoms. The lowest BCUT2D eigenvalue weighted by atomic mass is 9.78. The fourth-order valence-corrected chi connectivity index (χ4v) is 4.81. The first-order chi connectivity index (χ1) is 14.0. The Morgan fingerprint density at radius 1 is 1.17 bits per heavy atom. The highest BCUT2D eigenvalue weighted by Gasteiger charge is 2.41. The third kappa shape index (κ3) is 5.95. The second-order valence-corrected chi connectivity index (χ2v) is 8.96. The molecule has 0 unspecified atom stereocenters. The molecule has 1 aromatic carbocycles. The van der Waals surface area contributed by atoms with Gasteiger partial charge in [-0.15, -0.1) is 0 Å². The molecule has 3 atom stereocenters. The number of hydrogen-bond donors (Lipinski definition) is 1. The monoisotopic (exact) mass is 402 g/mol. The Morgan fingerprint density at radius 2 is 1.97 bits per heavy atom. The molecule has 0 spiro atoms. The molecule has 0 radical (unpaired) electrons. The van der Waals surface area contributed by atoms with Gasteiger partial charge in [0.05, 0.1) is 6.61 Å². The quantitative estimate of drug-likeness (QED) is 0.631. The number of carbonyl (C=O) groups excluding carboxylic acids is 1. The van der Waals surface area contributed by atoms with E-state index in [2.05, 4.69) is 24.1 Å². The minimum Gasteiger partial charge on any atom is -0.494 e. The smallest absolute Gasteiger partial charge is 0.256 e. The molecule has 5 heteroatoms. The Kier molecular flexibility index (Phi) is 7.96. The molecule has 1 heterocycles. The molecule has 1 amide bonds. The number of benzene rings is 1. The van der Waals surface area contributed by atoms with Crippen molar-refractivity contribution in [3.63, 3.8) is 0 Å². The van der Waals surface area contributed by atoms with Crippen LogP contribution >= 0.6 is 0 Å². The summed E-state index contributed by atoms with van der Waals surface area (Å²) in [4.78, 5) is 15.4. The number of nitrogens with zero attached hydrogens (tertiary/aromatic N) is 1. The Labute approximate surface area is 176 Å². The topological polar surface area (TPSA) is 50.8 Å². The van der Waals surface area contributed by atoms with Gasteiger partial charge in [-0.1, -0.05) is 19.8 Å². The van der Waals surface area contributed by atoms with E-state index in [4.69, 9.17) is 9.47 Å². The zero-order chi connectivity index (χ0) is 20.7. The number of piperidine rings is 1. The number of rotatable bonds is 8. The lowest BCUT2D eigenvalue weighted by molar-refractivity contribution is -0.143. The molecule has 1 saturated carbocycles. The first-order valence-electron chi connectivity index (χ1n) is 11.4. The molecule has 1 aliphatic carbocycles. The fourth-order valence-electron chi connectivity index (χ4n) is 4.81. The van der Waals surface area contributed by atoms with E-state index in [-0.39, 0.29) is 5.91 Å². The summed E-state index contributed by atoms with van der Waals surface area (Å²) < 4.78 is 11.6. The third-order valence-electron chi connectivity index (χ3n) is 6.67. The van der Waals surface area contributed by atoms with E-state index in [1.807, 2.05) is 24.3 Å². The van der Waals surface area contributed by atoms with E-state index < -0.39 is 5.60 Å².